The van der Waals surface area contributed by atoms with E-state index in [1.807, 2.05) is 37.2 Å². The molecular weight excluding hydrogens is 327 g/mol. The molecule has 0 amide bonds. The molecule has 1 N–H and O–H groups in total. The summed E-state index contributed by atoms with van der Waals surface area (Å²) in [4.78, 5) is 21.9. The topological polar surface area (TPSA) is 66.8 Å². The third kappa shape index (κ3) is 14.4. The van der Waals surface area contributed by atoms with Crippen LogP contribution in [0.2, 0.25) is 0 Å². The van der Waals surface area contributed by atoms with Gasteiger partial charge in [-0.3, -0.25) is 4.90 Å². The minimum Gasteiger partial charge on any atom is -0.475 e. The van der Waals surface area contributed by atoms with Crippen LogP contribution in [0.15, 0.2) is 30.3 Å². The van der Waals surface area contributed by atoms with Crippen molar-refractivity contribution in [3.63, 3.8) is 0 Å². The molecule has 0 atom stereocenters. The van der Waals surface area contributed by atoms with E-state index >= 15 is 0 Å². The van der Waals surface area contributed by atoms with Crippen LogP contribution >= 0.6 is 0 Å². The highest BCUT2D eigenvalue weighted by Crippen LogP contribution is 2.13. The predicted octanol–water partition coefficient (Wildman–Crippen LogP) is 2.68. The molecule has 1 aromatic carbocycles. The van der Waals surface area contributed by atoms with Crippen LogP contribution in [0.25, 0.3) is 0 Å². The zero-order chi connectivity index (χ0) is 19.2. The first-order chi connectivity index (χ1) is 11.1. The molecule has 0 radical (unpaired) electrons. The van der Waals surface area contributed by atoms with E-state index in [9.17, 15) is 18.0 Å². The van der Waals surface area contributed by atoms with Gasteiger partial charge in [-0.25, -0.2) is 9.59 Å². The van der Waals surface area contributed by atoms with Crippen LogP contribution in [0, 0.1) is 12.3 Å². The summed E-state index contributed by atoms with van der Waals surface area (Å²) < 4.78 is 36.5. The van der Waals surface area contributed by atoms with Gasteiger partial charge in [-0.05, 0) is 33.2 Å². The van der Waals surface area contributed by atoms with E-state index in [2.05, 4.69) is 5.92 Å². The van der Waals surface area contributed by atoms with Crippen LogP contribution < -0.4 is 0 Å². The number of aliphatic carboxylic acids is 1. The van der Waals surface area contributed by atoms with Crippen LogP contribution in [-0.2, 0) is 9.53 Å². The van der Waals surface area contributed by atoms with Crippen LogP contribution in [0.3, 0.4) is 0 Å². The van der Waals surface area contributed by atoms with Crippen LogP contribution in [-0.4, -0.2) is 55.4 Å². The van der Waals surface area contributed by atoms with Gasteiger partial charge < -0.3 is 9.84 Å². The summed E-state index contributed by atoms with van der Waals surface area (Å²) in [6.45, 7) is 2.95. The first kappa shape index (κ1) is 23.7. The maximum absolute atomic E-state index is 11.0. The Labute approximate surface area is 139 Å². The van der Waals surface area contributed by atoms with Crippen LogP contribution in [0.4, 0.5) is 13.2 Å². The van der Waals surface area contributed by atoms with E-state index < -0.39 is 12.1 Å². The number of hydrogen-bond acceptors (Lipinski definition) is 4. The minimum absolute atomic E-state index is 0.256. The molecule has 0 aliphatic heterocycles. The van der Waals surface area contributed by atoms with Gasteiger partial charge in [0.2, 0.25) is 0 Å². The van der Waals surface area contributed by atoms with E-state index in [0.717, 1.165) is 6.54 Å². The third-order valence-corrected chi connectivity index (χ3v) is 1.93. The third-order valence-electron chi connectivity index (χ3n) is 1.93. The zero-order valence-corrected chi connectivity index (χ0v) is 13.6. The summed E-state index contributed by atoms with van der Waals surface area (Å²) in [5, 5.41) is 7.12. The normalized spacial score (nSPS) is 9.58. The second kappa shape index (κ2) is 13.0. The number of carboxylic acids is 1. The Bertz CT molecular complexity index is 522. The summed E-state index contributed by atoms with van der Waals surface area (Å²) in [7, 11) is 3.89. The summed E-state index contributed by atoms with van der Waals surface area (Å²) in [5.41, 5.74) is 0.606. The largest absolute Gasteiger partial charge is 0.490 e. The second-order valence-electron chi connectivity index (χ2n) is 4.33. The molecule has 1 aromatic rings. The number of alkyl halides is 3. The standard InChI is InChI=1S/C9H10O2.C5H9N.C2HF3O2/c1-2-11-9(10)8-6-4-3-5-7-8;1-4-5-6(2)3;3-2(4,5)1(6)7/h3-7H,2H2,1H3;1H,5H2,2-3H3;(H,6,7). The fraction of sp³-hybridized carbons (Fsp3) is 0.375. The highest BCUT2D eigenvalue weighted by atomic mass is 19.4. The molecule has 0 saturated carbocycles. The molecule has 0 aliphatic carbocycles. The van der Waals surface area contributed by atoms with Gasteiger partial charge in [0.15, 0.2) is 0 Å². The molecule has 0 aromatic heterocycles. The lowest BCUT2D eigenvalue weighted by atomic mass is 10.2. The highest BCUT2D eigenvalue weighted by molar-refractivity contribution is 5.89. The van der Waals surface area contributed by atoms with Crippen molar-refractivity contribution in [2.24, 2.45) is 0 Å². The number of halogens is 3. The minimum atomic E-state index is -5.08. The van der Waals surface area contributed by atoms with Crippen molar-refractivity contribution in [2.75, 3.05) is 27.2 Å². The van der Waals surface area contributed by atoms with Crippen LogP contribution in [0.5, 0.6) is 0 Å². The number of hydrogen-bond donors (Lipinski definition) is 1. The van der Waals surface area contributed by atoms with Crippen molar-refractivity contribution in [3.05, 3.63) is 35.9 Å². The number of terminal acetylenes is 1. The molecule has 134 valence electrons. The first-order valence-electron chi connectivity index (χ1n) is 6.66. The second-order valence-corrected chi connectivity index (χ2v) is 4.33. The zero-order valence-electron chi connectivity index (χ0n) is 13.6. The van der Waals surface area contributed by atoms with Gasteiger partial charge in [0, 0.05) is 0 Å². The van der Waals surface area contributed by atoms with Gasteiger partial charge in [-0.1, -0.05) is 24.1 Å². The summed E-state index contributed by atoms with van der Waals surface area (Å²) >= 11 is 0. The highest BCUT2D eigenvalue weighted by Gasteiger charge is 2.38. The molecular formula is C16H20F3NO4. The van der Waals surface area contributed by atoms with E-state index in [1.54, 1.807) is 19.1 Å². The van der Waals surface area contributed by atoms with Crippen molar-refractivity contribution < 1.29 is 32.6 Å². The Balaban J connectivity index is 0. The van der Waals surface area contributed by atoms with E-state index in [4.69, 9.17) is 21.1 Å². The van der Waals surface area contributed by atoms with Gasteiger partial charge in [0.1, 0.15) is 0 Å². The lowest BCUT2D eigenvalue weighted by Crippen LogP contribution is -2.21. The molecule has 0 spiro atoms. The van der Waals surface area contributed by atoms with Gasteiger partial charge >= 0.3 is 18.1 Å². The Morgan fingerprint density at radius 3 is 1.96 bits per heavy atom. The van der Waals surface area contributed by atoms with Crippen molar-refractivity contribution in [2.45, 2.75) is 13.1 Å². The molecule has 8 heteroatoms. The molecule has 1 rings (SSSR count). The van der Waals surface area contributed by atoms with Crippen molar-refractivity contribution in [1.82, 2.24) is 4.90 Å². The number of nitrogens with zero attached hydrogens (tertiary/aromatic N) is 1. The predicted molar refractivity (Wildman–Crippen MR) is 83.5 cm³/mol. The van der Waals surface area contributed by atoms with Crippen molar-refractivity contribution in [1.29, 1.82) is 0 Å². The number of rotatable bonds is 3. The maximum Gasteiger partial charge on any atom is 0.490 e. The molecule has 0 heterocycles. The summed E-state index contributed by atoms with van der Waals surface area (Å²) in [6.07, 6.45) is -0.146. The van der Waals surface area contributed by atoms with Gasteiger partial charge in [-0.15, -0.1) is 6.42 Å². The fourth-order valence-electron chi connectivity index (χ4n) is 0.971. The molecule has 0 aliphatic rings. The Kier molecular flexibility index (Phi) is 12.8. The van der Waals surface area contributed by atoms with Gasteiger partial charge in [0.05, 0.1) is 18.7 Å². The van der Waals surface area contributed by atoms with Crippen LogP contribution in [0.1, 0.15) is 17.3 Å². The summed E-state index contributed by atoms with van der Waals surface area (Å²) in [5.74, 6) is -0.520. The van der Waals surface area contributed by atoms with E-state index in [0.29, 0.717) is 12.2 Å². The van der Waals surface area contributed by atoms with Crippen molar-refractivity contribution >= 4 is 11.9 Å². The Morgan fingerprint density at radius 2 is 1.71 bits per heavy atom. The number of ether oxygens (including phenoxy) is 1. The lowest BCUT2D eigenvalue weighted by Gasteiger charge is -1.99. The maximum atomic E-state index is 11.0. The molecule has 0 unspecified atom stereocenters. The number of carbonyl (C=O) groups is 2. The molecule has 24 heavy (non-hydrogen) atoms. The number of carbonyl (C=O) groups excluding carboxylic acids is 1. The Morgan fingerprint density at radius 1 is 1.25 bits per heavy atom. The molecule has 0 fully saturated rings. The summed E-state index contributed by atoms with van der Waals surface area (Å²) in [6, 6.07) is 8.96. The SMILES string of the molecule is C#CCN(C)C.CCOC(=O)c1ccccc1.O=C(O)C(F)(F)F. The molecule has 5 nitrogen and oxygen atoms in total. The quantitative estimate of drug-likeness (QED) is 0.673. The number of esters is 1. The number of carboxylic acid groups (broad SMARTS) is 1. The Hall–Kier alpha value is -2.53. The monoisotopic (exact) mass is 347 g/mol. The van der Waals surface area contributed by atoms with Gasteiger partial charge in [-0.2, -0.15) is 13.2 Å². The molecule has 0 saturated heterocycles. The fourth-order valence-corrected chi connectivity index (χ4v) is 0.971. The van der Waals surface area contributed by atoms with Crippen molar-refractivity contribution in [3.8, 4) is 12.3 Å². The van der Waals surface area contributed by atoms with Gasteiger partial charge in [0.25, 0.3) is 0 Å². The average Bonchev–Trinajstić information content (AvgIpc) is 2.48. The molecule has 0 bridgehead atoms. The van der Waals surface area contributed by atoms with E-state index in [1.165, 1.54) is 0 Å². The average molecular weight is 347 g/mol. The lowest BCUT2D eigenvalue weighted by molar-refractivity contribution is -0.192. The van der Waals surface area contributed by atoms with E-state index in [-0.39, 0.29) is 5.97 Å². The first-order valence-corrected chi connectivity index (χ1v) is 6.66. The smallest absolute Gasteiger partial charge is 0.475 e. The number of benzene rings is 1.